The first-order valence-electron chi connectivity index (χ1n) is 9.34. The van der Waals surface area contributed by atoms with Crippen molar-refractivity contribution in [2.75, 3.05) is 19.6 Å². The van der Waals surface area contributed by atoms with Crippen LogP contribution in [0, 0.1) is 0 Å². The fourth-order valence-corrected chi connectivity index (χ4v) is 3.99. The average molecular weight is 400 g/mol. The number of hydrogen-bond donors (Lipinski definition) is 0. The Labute approximate surface area is 168 Å². The molecule has 2 saturated heterocycles. The van der Waals surface area contributed by atoms with Gasteiger partial charge in [0.25, 0.3) is 0 Å². The van der Waals surface area contributed by atoms with Crippen molar-refractivity contribution in [3.63, 3.8) is 0 Å². The van der Waals surface area contributed by atoms with Crippen molar-refractivity contribution in [3.8, 4) is 0 Å². The van der Waals surface area contributed by atoms with Crippen LogP contribution in [0.1, 0.15) is 25.0 Å². The van der Waals surface area contributed by atoms with Gasteiger partial charge in [-0.15, -0.1) is 0 Å². The first-order chi connectivity index (χ1) is 13.7. The number of carbonyl (C=O) groups is 1. The van der Waals surface area contributed by atoms with Crippen LogP contribution >= 0.6 is 11.6 Å². The van der Waals surface area contributed by atoms with Gasteiger partial charge in [-0.05, 0) is 25.6 Å². The molecule has 2 fully saturated rings. The van der Waals surface area contributed by atoms with E-state index in [1.54, 1.807) is 24.8 Å². The van der Waals surface area contributed by atoms with E-state index < -0.39 is 0 Å². The van der Waals surface area contributed by atoms with Gasteiger partial charge in [0.15, 0.2) is 5.65 Å². The number of fused-ring (bicyclic) bond motifs is 2. The second kappa shape index (κ2) is 8.10. The first-order valence-corrected chi connectivity index (χ1v) is 9.72. The van der Waals surface area contributed by atoms with Crippen LogP contribution in [0.25, 0.3) is 5.65 Å². The predicted octanol–water partition coefficient (Wildman–Crippen LogP) is 2.19. The van der Waals surface area contributed by atoms with Gasteiger partial charge in [-0.2, -0.15) is 0 Å². The van der Waals surface area contributed by atoms with Crippen molar-refractivity contribution in [2.24, 2.45) is 9.98 Å². The minimum Gasteiger partial charge on any atom is -0.353 e. The number of piperidine rings is 1. The van der Waals surface area contributed by atoms with E-state index in [1.807, 2.05) is 15.4 Å². The van der Waals surface area contributed by atoms with Gasteiger partial charge in [0, 0.05) is 44.5 Å². The third-order valence-corrected chi connectivity index (χ3v) is 5.42. The van der Waals surface area contributed by atoms with Crippen LogP contribution in [0.2, 0.25) is 5.15 Å². The smallest absolute Gasteiger partial charge is 0.222 e. The normalized spacial score (nSPS) is 20.8. The van der Waals surface area contributed by atoms with Crippen LogP contribution in [0.4, 0.5) is 0 Å². The van der Waals surface area contributed by atoms with Crippen LogP contribution in [0.3, 0.4) is 0 Å². The lowest BCUT2D eigenvalue weighted by atomic mass is 9.99. The maximum Gasteiger partial charge on any atom is 0.222 e. The Hall–Kier alpha value is -2.74. The number of halogens is 1. The van der Waals surface area contributed by atoms with E-state index in [4.69, 9.17) is 16.6 Å². The summed E-state index contributed by atoms with van der Waals surface area (Å²) in [6.07, 6.45) is 11.3. The van der Waals surface area contributed by atoms with Gasteiger partial charge in [-0.1, -0.05) is 11.6 Å². The third-order valence-electron chi connectivity index (χ3n) is 5.23. The summed E-state index contributed by atoms with van der Waals surface area (Å²) >= 11 is 6.01. The number of imidazole rings is 1. The Morgan fingerprint density at radius 2 is 2.25 bits per heavy atom. The molecule has 1 atom stereocenters. The third kappa shape index (κ3) is 3.77. The van der Waals surface area contributed by atoms with Gasteiger partial charge in [-0.25, -0.2) is 9.97 Å². The maximum absolute atomic E-state index is 12.1. The van der Waals surface area contributed by atoms with Crippen LogP contribution in [0.15, 0.2) is 40.9 Å². The molecule has 0 radical (unpaired) electrons. The minimum atomic E-state index is 0.256. The summed E-state index contributed by atoms with van der Waals surface area (Å²) in [7, 11) is 0. The second-order valence-electron chi connectivity index (χ2n) is 6.94. The number of hydrogen-bond acceptors (Lipinski definition) is 5. The number of carbonyl (C=O) groups excluding carboxylic acids is 1. The molecule has 2 aliphatic rings. The van der Waals surface area contributed by atoms with Gasteiger partial charge in [0.2, 0.25) is 5.91 Å². The summed E-state index contributed by atoms with van der Waals surface area (Å²) < 4.78 is 1.89. The van der Waals surface area contributed by atoms with Gasteiger partial charge < -0.3 is 9.80 Å². The highest BCUT2D eigenvalue weighted by molar-refractivity contribution is 6.29. The molecule has 4 heterocycles. The molecule has 0 bridgehead atoms. The molecule has 2 aliphatic heterocycles. The quantitative estimate of drug-likeness (QED) is 0.583. The van der Waals surface area contributed by atoms with E-state index in [1.165, 1.54) is 0 Å². The Morgan fingerprint density at radius 3 is 3.11 bits per heavy atom. The summed E-state index contributed by atoms with van der Waals surface area (Å²) in [5, 5.41) is 0.407. The molecule has 2 aromatic rings. The molecule has 0 spiro atoms. The lowest BCUT2D eigenvalue weighted by Gasteiger charge is -2.44. The van der Waals surface area contributed by atoms with E-state index in [-0.39, 0.29) is 11.9 Å². The van der Waals surface area contributed by atoms with Crippen molar-refractivity contribution < 1.29 is 4.79 Å². The average Bonchev–Trinajstić information content (AvgIpc) is 3.10. The highest BCUT2D eigenvalue weighted by atomic mass is 35.5. The highest BCUT2D eigenvalue weighted by Crippen LogP contribution is 2.23. The number of piperazine rings is 1. The van der Waals surface area contributed by atoms with Crippen molar-refractivity contribution in [2.45, 2.75) is 31.8 Å². The van der Waals surface area contributed by atoms with Gasteiger partial charge in [0.1, 0.15) is 11.0 Å². The van der Waals surface area contributed by atoms with Crippen molar-refractivity contribution in [1.82, 2.24) is 24.2 Å². The molecule has 8 nitrogen and oxygen atoms in total. The summed E-state index contributed by atoms with van der Waals surface area (Å²) in [5.74, 6) is 1.11. The zero-order chi connectivity index (χ0) is 19.5. The number of rotatable bonds is 4. The maximum atomic E-state index is 12.1. The van der Waals surface area contributed by atoms with Crippen LogP contribution in [-0.4, -0.2) is 68.3 Å². The van der Waals surface area contributed by atoms with E-state index >= 15 is 0 Å². The number of aliphatic imine (C=N–C) groups is 2. The van der Waals surface area contributed by atoms with Crippen LogP contribution in [0.5, 0.6) is 0 Å². The van der Waals surface area contributed by atoms with E-state index in [2.05, 4.69) is 26.6 Å². The van der Waals surface area contributed by atoms with Gasteiger partial charge >= 0.3 is 0 Å². The van der Waals surface area contributed by atoms with Gasteiger partial charge in [0.05, 0.1) is 24.6 Å². The zero-order valence-corrected chi connectivity index (χ0v) is 16.3. The Kier molecular flexibility index (Phi) is 5.38. The molecule has 9 heteroatoms. The zero-order valence-electron chi connectivity index (χ0n) is 15.5. The molecule has 0 aromatic carbocycles. The molecule has 1 unspecified atom stereocenters. The highest BCUT2D eigenvalue weighted by Gasteiger charge is 2.33. The summed E-state index contributed by atoms with van der Waals surface area (Å²) in [4.78, 5) is 33.4. The molecule has 0 aliphatic carbocycles. The van der Waals surface area contributed by atoms with E-state index in [9.17, 15) is 4.79 Å². The summed E-state index contributed by atoms with van der Waals surface area (Å²) in [6, 6.07) is 0.256. The Bertz CT molecular complexity index is 951. The summed E-state index contributed by atoms with van der Waals surface area (Å²) in [6.45, 7) is 6.23. The lowest BCUT2D eigenvalue weighted by Crippen LogP contribution is -2.57. The standard InChI is InChI=1S/C19H22ClN7O/c1-21-6-5-17(25-7-8-26-14(12-25)3-2-4-19(26)28)23-9-15-10-24-18-11-22-16(20)13-27(15)18/h5-6,10-11,13-14H,1-4,7-9,12H2/b6-5-,23-17?. The molecule has 146 valence electrons. The van der Waals surface area contributed by atoms with Crippen LogP contribution in [-0.2, 0) is 11.3 Å². The van der Waals surface area contributed by atoms with Crippen molar-refractivity contribution in [3.05, 3.63) is 41.7 Å². The predicted molar refractivity (Wildman–Crippen MR) is 109 cm³/mol. The molecule has 4 rings (SSSR count). The van der Waals surface area contributed by atoms with E-state index in [0.717, 1.165) is 49.7 Å². The molecular weight excluding hydrogens is 378 g/mol. The molecule has 0 N–H and O–H groups in total. The molecule has 1 amide bonds. The number of amidine groups is 1. The Morgan fingerprint density at radius 1 is 1.36 bits per heavy atom. The fourth-order valence-electron chi connectivity index (χ4n) is 3.84. The van der Waals surface area contributed by atoms with E-state index in [0.29, 0.717) is 18.1 Å². The number of amides is 1. The SMILES string of the molecule is C=N/C=C\C(=NCc1cnc2cnc(Cl)cn12)N1CCN2C(=O)CCCC2C1. The molecule has 0 saturated carbocycles. The Balaban J connectivity index is 1.55. The summed E-state index contributed by atoms with van der Waals surface area (Å²) in [5.41, 5.74) is 1.65. The minimum absolute atomic E-state index is 0.256. The molecular formula is C19H22ClN7O. The first kappa shape index (κ1) is 18.6. The molecule has 28 heavy (non-hydrogen) atoms. The number of aromatic nitrogens is 3. The number of nitrogens with zero attached hydrogens (tertiary/aromatic N) is 7. The monoisotopic (exact) mass is 399 g/mol. The fraction of sp³-hybridized carbons (Fsp3) is 0.421. The molecule has 2 aromatic heterocycles. The van der Waals surface area contributed by atoms with Crippen molar-refractivity contribution in [1.29, 1.82) is 0 Å². The van der Waals surface area contributed by atoms with Crippen molar-refractivity contribution >= 4 is 35.7 Å². The topological polar surface area (TPSA) is 78.5 Å². The second-order valence-corrected chi connectivity index (χ2v) is 7.33. The van der Waals surface area contributed by atoms with Gasteiger partial charge in [-0.3, -0.25) is 19.2 Å². The lowest BCUT2D eigenvalue weighted by molar-refractivity contribution is -0.138. The van der Waals surface area contributed by atoms with Crippen LogP contribution < -0.4 is 0 Å². The largest absolute Gasteiger partial charge is 0.353 e.